The van der Waals surface area contributed by atoms with Gasteiger partial charge in [0.25, 0.3) is 0 Å². The summed E-state index contributed by atoms with van der Waals surface area (Å²) in [6.07, 6.45) is -5.62. The van der Waals surface area contributed by atoms with Crippen molar-refractivity contribution in [3.05, 3.63) is 28.2 Å². The lowest BCUT2D eigenvalue weighted by atomic mass is 10.4. The molecule has 0 saturated heterocycles. The zero-order valence-corrected chi connectivity index (χ0v) is 9.61. The van der Waals surface area contributed by atoms with E-state index in [-0.39, 0.29) is 14.9 Å². The third kappa shape index (κ3) is 3.40. The van der Waals surface area contributed by atoms with Gasteiger partial charge in [0.05, 0.1) is 0 Å². The lowest BCUT2D eigenvalue weighted by molar-refractivity contribution is -0.237. The maximum Gasteiger partial charge on any atom is 0.464 e. The Labute approximate surface area is 102 Å². The minimum absolute atomic E-state index is 0.00651. The second-order valence-electron chi connectivity index (χ2n) is 2.72. The number of hydrogen-bond acceptors (Lipinski definition) is 1. The van der Waals surface area contributed by atoms with Crippen LogP contribution in [0.2, 0.25) is 10.0 Å². The summed E-state index contributed by atoms with van der Waals surface area (Å²) in [7, 11) is 0. The second-order valence-corrected chi connectivity index (χ2v) is 4.78. The van der Waals surface area contributed by atoms with Crippen LogP contribution in [-0.4, -0.2) is 11.4 Å². The number of alkyl halides is 5. The molecule has 0 radical (unpaired) electrons. The molecule has 0 atom stereocenters. The molecule has 0 aliphatic carbocycles. The van der Waals surface area contributed by atoms with Gasteiger partial charge in [-0.05, 0) is 30.0 Å². The van der Waals surface area contributed by atoms with Crippen molar-refractivity contribution in [2.45, 2.75) is 16.3 Å². The summed E-state index contributed by atoms with van der Waals surface area (Å²) >= 11 is 10.3. The summed E-state index contributed by atoms with van der Waals surface area (Å²) in [5.74, 6) is 0. The fourth-order valence-electron chi connectivity index (χ4n) is 0.793. The topological polar surface area (TPSA) is 0 Å². The van der Waals surface area contributed by atoms with Crippen LogP contribution >= 0.6 is 35.0 Å². The summed E-state index contributed by atoms with van der Waals surface area (Å²) in [4.78, 5) is -0.347. The monoisotopic (exact) mass is 296 g/mol. The lowest BCUT2D eigenvalue weighted by Gasteiger charge is -2.18. The summed E-state index contributed by atoms with van der Waals surface area (Å²) in [6.45, 7) is 0. The maximum atomic E-state index is 12.6. The van der Waals surface area contributed by atoms with E-state index in [2.05, 4.69) is 0 Å². The Balaban J connectivity index is 2.96. The Bertz CT molecular complexity index is 370. The van der Waals surface area contributed by atoms with E-state index >= 15 is 0 Å². The summed E-state index contributed by atoms with van der Waals surface area (Å²) in [6, 6.07) is 3.20. The second kappa shape index (κ2) is 4.58. The number of thioether (sulfide) groups is 1. The van der Waals surface area contributed by atoms with Gasteiger partial charge in [-0.2, -0.15) is 22.0 Å². The van der Waals surface area contributed by atoms with Crippen LogP contribution in [0.4, 0.5) is 22.0 Å². The number of benzene rings is 1. The molecule has 16 heavy (non-hydrogen) atoms. The Morgan fingerprint density at radius 3 is 1.69 bits per heavy atom. The van der Waals surface area contributed by atoms with Gasteiger partial charge in [-0.3, -0.25) is 0 Å². The van der Waals surface area contributed by atoms with Crippen LogP contribution in [0.15, 0.2) is 23.1 Å². The Kier molecular flexibility index (Phi) is 3.97. The Morgan fingerprint density at radius 1 is 0.875 bits per heavy atom. The van der Waals surface area contributed by atoms with Gasteiger partial charge >= 0.3 is 11.4 Å². The molecule has 1 rings (SSSR count). The van der Waals surface area contributed by atoms with Crippen LogP contribution in [0, 0.1) is 0 Å². The van der Waals surface area contributed by atoms with Crippen LogP contribution in [0.3, 0.4) is 0 Å². The summed E-state index contributed by atoms with van der Waals surface area (Å²) in [5.41, 5.74) is 0. The van der Waals surface area contributed by atoms with E-state index in [0.717, 1.165) is 12.1 Å². The van der Waals surface area contributed by atoms with Gasteiger partial charge < -0.3 is 0 Å². The first-order valence-electron chi connectivity index (χ1n) is 3.71. The molecule has 0 fully saturated rings. The molecule has 0 spiro atoms. The predicted molar refractivity (Wildman–Crippen MR) is 53.3 cm³/mol. The van der Waals surface area contributed by atoms with Crippen molar-refractivity contribution in [3.63, 3.8) is 0 Å². The first-order chi connectivity index (χ1) is 7.12. The van der Waals surface area contributed by atoms with E-state index in [4.69, 9.17) is 23.2 Å². The van der Waals surface area contributed by atoms with E-state index in [1.165, 1.54) is 6.07 Å². The fraction of sp³-hybridized carbons (Fsp3) is 0.250. The van der Waals surface area contributed by atoms with Crippen LogP contribution in [0.5, 0.6) is 0 Å². The highest BCUT2D eigenvalue weighted by Gasteiger charge is 2.58. The molecule has 90 valence electrons. The smallest absolute Gasteiger partial charge is 0.183 e. The molecular weight excluding hydrogens is 294 g/mol. The molecule has 0 heterocycles. The standard InChI is InChI=1S/C8H3Cl2F5S/c9-4-1-5(10)3-6(2-4)16-8(14,15)7(11,12)13/h1-3H. The third-order valence-corrected chi connectivity index (χ3v) is 2.81. The summed E-state index contributed by atoms with van der Waals surface area (Å²) < 4.78 is 60.9. The molecule has 0 bridgehead atoms. The average molecular weight is 297 g/mol. The molecule has 0 aromatic heterocycles. The van der Waals surface area contributed by atoms with Gasteiger partial charge in [0, 0.05) is 14.9 Å². The SMILES string of the molecule is FC(F)(F)C(F)(F)Sc1cc(Cl)cc(Cl)c1. The van der Waals surface area contributed by atoms with E-state index < -0.39 is 23.2 Å². The molecule has 0 amide bonds. The molecular formula is C8H3Cl2F5S. The van der Waals surface area contributed by atoms with Gasteiger partial charge in [0.2, 0.25) is 0 Å². The van der Waals surface area contributed by atoms with Crippen molar-refractivity contribution < 1.29 is 22.0 Å². The van der Waals surface area contributed by atoms with Crippen molar-refractivity contribution in [1.82, 2.24) is 0 Å². The largest absolute Gasteiger partial charge is 0.464 e. The Morgan fingerprint density at radius 2 is 1.31 bits per heavy atom. The fourth-order valence-corrected chi connectivity index (χ4v) is 2.23. The molecule has 8 heteroatoms. The quantitative estimate of drug-likeness (QED) is 0.531. The van der Waals surface area contributed by atoms with Crippen molar-refractivity contribution >= 4 is 35.0 Å². The van der Waals surface area contributed by atoms with Crippen molar-refractivity contribution in [2.75, 3.05) is 0 Å². The van der Waals surface area contributed by atoms with E-state index in [1.807, 2.05) is 0 Å². The molecule has 0 unspecified atom stereocenters. The normalized spacial score (nSPS) is 12.9. The highest BCUT2D eigenvalue weighted by molar-refractivity contribution is 8.00. The average Bonchev–Trinajstić information content (AvgIpc) is 1.97. The molecule has 0 aliphatic rings. The van der Waals surface area contributed by atoms with Crippen LogP contribution in [-0.2, 0) is 0 Å². The van der Waals surface area contributed by atoms with Gasteiger partial charge in [0.1, 0.15) is 0 Å². The first kappa shape index (κ1) is 13.9. The van der Waals surface area contributed by atoms with Gasteiger partial charge in [-0.1, -0.05) is 23.2 Å². The molecule has 0 nitrogen and oxygen atoms in total. The van der Waals surface area contributed by atoms with Gasteiger partial charge in [-0.15, -0.1) is 0 Å². The molecule has 1 aromatic rings. The van der Waals surface area contributed by atoms with Crippen molar-refractivity contribution in [2.24, 2.45) is 0 Å². The van der Waals surface area contributed by atoms with E-state index in [9.17, 15) is 22.0 Å². The lowest BCUT2D eigenvalue weighted by Crippen LogP contribution is -2.32. The predicted octanol–water partition coefficient (Wildman–Crippen LogP) is 5.24. The zero-order chi connectivity index (χ0) is 12.6. The minimum Gasteiger partial charge on any atom is -0.183 e. The molecule has 0 saturated carbocycles. The first-order valence-corrected chi connectivity index (χ1v) is 5.29. The minimum atomic E-state index is -5.62. The van der Waals surface area contributed by atoms with Gasteiger partial charge in [0.15, 0.2) is 0 Å². The Hall–Kier alpha value is -0.200. The third-order valence-electron chi connectivity index (χ3n) is 1.41. The van der Waals surface area contributed by atoms with Gasteiger partial charge in [-0.25, -0.2) is 0 Å². The van der Waals surface area contributed by atoms with Crippen LogP contribution in [0.1, 0.15) is 0 Å². The number of hydrogen-bond donors (Lipinski definition) is 0. The van der Waals surface area contributed by atoms with E-state index in [1.54, 1.807) is 0 Å². The van der Waals surface area contributed by atoms with E-state index in [0.29, 0.717) is 0 Å². The van der Waals surface area contributed by atoms with Crippen molar-refractivity contribution in [1.29, 1.82) is 0 Å². The maximum absolute atomic E-state index is 12.6. The van der Waals surface area contributed by atoms with Crippen LogP contribution < -0.4 is 0 Å². The van der Waals surface area contributed by atoms with Crippen LogP contribution in [0.25, 0.3) is 0 Å². The summed E-state index contributed by atoms with van der Waals surface area (Å²) in [5, 5.41) is -4.89. The zero-order valence-electron chi connectivity index (χ0n) is 7.29. The van der Waals surface area contributed by atoms with Crippen molar-refractivity contribution in [3.8, 4) is 0 Å². The number of rotatable bonds is 2. The highest BCUT2D eigenvalue weighted by Crippen LogP contribution is 2.48. The number of halogens is 7. The molecule has 0 N–H and O–H groups in total. The molecule has 1 aromatic carbocycles. The molecule has 0 aliphatic heterocycles. The highest BCUT2D eigenvalue weighted by atomic mass is 35.5.